The number of hydrogen-bond donors (Lipinski definition) is 2. The quantitative estimate of drug-likeness (QED) is 0.648. The first kappa shape index (κ1) is 13.0. The van der Waals surface area contributed by atoms with E-state index in [9.17, 15) is 9.59 Å². The molecule has 6 nitrogen and oxygen atoms in total. The standard InChI is InChI=1S/C9H7N3O3S3/c13-6(14)4-17-9-12-11-8(18-9)10-7(15)5-2-1-3-16-5/h1-3H,4H2,(H,13,14)(H,10,11,15). The maximum Gasteiger partial charge on any atom is 0.313 e. The van der Waals surface area contributed by atoms with Gasteiger partial charge in [0, 0.05) is 0 Å². The zero-order chi connectivity index (χ0) is 13.0. The van der Waals surface area contributed by atoms with Crippen molar-refractivity contribution in [2.45, 2.75) is 4.34 Å². The molecule has 0 saturated carbocycles. The second-order valence-electron chi connectivity index (χ2n) is 2.99. The van der Waals surface area contributed by atoms with E-state index in [-0.39, 0.29) is 11.7 Å². The maximum absolute atomic E-state index is 11.7. The normalized spacial score (nSPS) is 10.2. The van der Waals surface area contributed by atoms with Gasteiger partial charge in [-0.15, -0.1) is 21.5 Å². The first-order valence-corrected chi connectivity index (χ1v) is 7.36. The van der Waals surface area contributed by atoms with Crippen LogP contribution in [0.2, 0.25) is 0 Å². The molecule has 18 heavy (non-hydrogen) atoms. The van der Waals surface area contributed by atoms with Crippen molar-refractivity contribution in [2.75, 3.05) is 11.1 Å². The molecule has 1 amide bonds. The highest BCUT2D eigenvalue weighted by molar-refractivity contribution is 8.01. The number of amides is 1. The van der Waals surface area contributed by atoms with E-state index in [4.69, 9.17) is 5.11 Å². The molecule has 94 valence electrons. The summed E-state index contributed by atoms with van der Waals surface area (Å²) in [5.41, 5.74) is 0. The highest BCUT2D eigenvalue weighted by atomic mass is 32.2. The van der Waals surface area contributed by atoms with Crippen LogP contribution in [0.1, 0.15) is 9.67 Å². The third kappa shape index (κ3) is 3.52. The van der Waals surface area contributed by atoms with Crippen LogP contribution in [0.5, 0.6) is 0 Å². The van der Waals surface area contributed by atoms with Gasteiger partial charge < -0.3 is 5.11 Å². The number of aromatic nitrogens is 2. The summed E-state index contributed by atoms with van der Waals surface area (Å²) in [6, 6.07) is 3.49. The first-order chi connectivity index (χ1) is 8.65. The van der Waals surface area contributed by atoms with E-state index in [1.807, 2.05) is 5.38 Å². The number of rotatable bonds is 5. The van der Waals surface area contributed by atoms with Gasteiger partial charge in [-0.25, -0.2) is 0 Å². The minimum absolute atomic E-state index is 0.0759. The highest BCUT2D eigenvalue weighted by Gasteiger charge is 2.11. The van der Waals surface area contributed by atoms with Gasteiger partial charge in [-0.3, -0.25) is 14.9 Å². The Bertz CT molecular complexity index is 552. The lowest BCUT2D eigenvalue weighted by Gasteiger charge is -1.96. The SMILES string of the molecule is O=C(O)CSc1nnc(NC(=O)c2cccs2)s1. The Labute approximate surface area is 114 Å². The molecule has 2 aromatic rings. The molecule has 0 spiro atoms. The van der Waals surface area contributed by atoms with Crippen molar-refractivity contribution >= 4 is 51.4 Å². The highest BCUT2D eigenvalue weighted by Crippen LogP contribution is 2.25. The summed E-state index contributed by atoms with van der Waals surface area (Å²) < 4.78 is 0.513. The van der Waals surface area contributed by atoms with Crippen LogP contribution in [0.15, 0.2) is 21.9 Å². The van der Waals surface area contributed by atoms with Crippen LogP contribution in [0.4, 0.5) is 5.13 Å². The molecule has 0 saturated heterocycles. The van der Waals surface area contributed by atoms with E-state index in [2.05, 4.69) is 15.5 Å². The molecule has 2 rings (SSSR count). The van der Waals surface area contributed by atoms with Crippen LogP contribution < -0.4 is 5.32 Å². The molecular weight excluding hydrogens is 294 g/mol. The van der Waals surface area contributed by atoms with Crippen molar-refractivity contribution in [1.82, 2.24) is 10.2 Å². The monoisotopic (exact) mass is 301 g/mol. The molecule has 2 N–H and O–H groups in total. The number of nitrogens with one attached hydrogen (secondary N) is 1. The van der Waals surface area contributed by atoms with Gasteiger partial charge >= 0.3 is 5.97 Å². The van der Waals surface area contributed by atoms with Crippen molar-refractivity contribution < 1.29 is 14.7 Å². The Balaban J connectivity index is 1.94. The fraction of sp³-hybridized carbons (Fsp3) is 0.111. The topological polar surface area (TPSA) is 92.2 Å². The fourth-order valence-electron chi connectivity index (χ4n) is 1.01. The predicted molar refractivity (Wildman–Crippen MR) is 70.5 cm³/mol. The van der Waals surface area contributed by atoms with Crippen molar-refractivity contribution in [2.24, 2.45) is 0 Å². The van der Waals surface area contributed by atoms with E-state index in [1.54, 1.807) is 12.1 Å². The number of hydrogen-bond acceptors (Lipinski definition) is 7. The van der Waals surface area contributed by atoms with Crippen molar-refractivity contribution in [3.8, 4) is 0 Å². The van der Waals surface area contributed by atoms with Crippen LogP contribution in [0.3, 0.4) is 0 Å². The fourth-order valence-corrected chi connectivity index (χ4v) is 3.09. The molecule has 0 bridgehead atoms. The van der Waals surface area contributed by atoms with E-state index in [1.165, 1.54) is 11.3 Å². The first-order valence-electron chi connectivity index (χ1n) is 4.68. The van der Waals surface area contributed by atoms with E-state index >= 15 is 0 Å². The molecule has 2 aromatic heterocycles. The number of carbonyl (C=O) groups is 2. The average Bonchev–Trinajstić information content (AvgIpc) is 2.97. The van der Waals surface area contributed by atoms with Crippen LogP contribution in [-0.2, 0) is 4.79 Å². The summed E-state index contributed by atoms with van der Waals surface area (Å²) in [4.78, 5) is 22.7. The minimum Gasteiger partial charge on any atom is -0.481 e. The lowest BCUT2D eigenvalue weighted by Crippen LogP contribution is -2.09. The Morgan fingerprint density at radius 2 is 2.28 bits per heavy atom. The number of carboxylic acid groups (broad SMARTS) is 1. The zero-order valence-corrected chi connectivity index (χ0v) is 11.3. The van der Waals surface area contributed by atoms with Gasteiger partial charge in [0.25, 0.3) is 5.91 Å². The second-order valence-corrected chi connectivity index (χ2v) is 6.13. The molecule has 2 heterocycles. The lowest BCUT2D eigenvalue weighted by atomic mass is 10.4. The predicted octanol–water partition coefficient (Wildman–Crippen LogP) is 2.03. The van der Waals surface area contributed by atoms with Crippen molar-refractivity contribution in [3.63, 3.8) is 0 Å². The number of anilines is 1. The number of thiophene rings is 1. The number of aliphatic carboxylic acids is 1. The summed E-state index contributed by atoms with van der Waals surface area (Å²) in [5, 5.41) is 20.8. The summed E-state index contributed by atoms with van der Waals surface area (Å²) in [6.45, 7) is 0. The Morgan fingerprint density at radius 1 is 1.44 bits per heavy atom. The van der Waals surface area contributed by atoms with Gasteiger partial charge in [-0.1, -0.05) is 29.2 Å². The molecule has 0 aliphatic heterocycles. The van der Waals surface area contributed by atoms with Gasteiger partial charge in [0.15, 0.2) is 4.34 Å². The van der Waals surface area contributed by atoms with Crippen LogP contribution in [0, 0.1) is 0 Å². The molecular formula is C9H7N3O3S3. The molecule has 0 fully saturated rings. The van der Waals surface area contributed by atoms with E-state index in [0.29, 0.717) is 14.3 Å². The number of carboxylic acids is 1. The summed E-state index contributed by atoms with van der Waals surface area (Å²) in [5.74, 6) is -1.23. The van der Waals surface area contributed by atoms with Gasteiger partial charge in [-0.2, -0.15) is 0 Å². The summed E-state index contributed by atoms with van der Waals surface area (Å²) in [6.07, 6.45) is 0. The Morgan fingerprint density at radius 3 is 2.94 bits per heavy atom. The number of nitrogens with zero attached hydrogens (tertiary/aromatic N) is 2. The molecule has 0 atom stereocenters. The third-order valence-corrected chi connectivity index (χ3v) is 4.52. The van der Waals surface area contributed by atoms with Gasteiger partial charge in [0.05, 0.1) is 10.6 Å². The van der Waals surface area contributed by atoms with E-state index < -0.39 is 5.97 Å². The lowest BCUT2D eigenvalue weighted by molar-refractivity contribution is -0.133. The smallest absolute Gasteiger partial charge is 0.313 e. The zero-order valence-electron chi connectivity index (χ0n) is 8.82. The van der Waals surface area contributed by atoms with Crippen molar-refractivity contribution in [1.29, 1.82) is 0 Å². The Hall–Kier alpha value is -1.45. The number of carbonyl (C=O) groups excluding carboxylic acids is 1. The van der Waals surface area contributed by atoms with Crippen LogP contribution >= 0.6 is 34.4 Å². The third-order valence-electron chi connectivity index (χ3n) is 1.69. The molecule has 0 unspecified atom stereocenters. The van der Waals surface area contributed by atoms with Crippen LogP contribution in [-0.4, -0.2) is 32.9 Å². The largest absolute Gasteiger partial charge is 0.481 e. The van der Waals surface area contributed by atoms with Gasteiger partial charge in [0.2, 0.25) is 5.13 Å². The molecule has 0 radical (unpaired) electrons. The summed E-state index contributed by atoms with van der Waals surface area (Å²) >= 11 is 3.55. The average molecular weight is 301 g/mol. The Kier molecular flexibility index (Phi) is 4.28. The molecule has 0 aliphatic rings. The maximum atomic E-state index is 11.7. The van der Waals surface area contributed by atoms with Crippen LogP contribution in [0.25, 0.3) is 0 Å². The molecule has 0 aromatic carbocycles. The minimum atomic E-state index is -0.917. The van der Waals surface area contributed by atoms with Gasteiger partial charge in [-0.05, 0) is 11.4 Å². The van der Waals surface area contributed by atoms with Gasteiger partial charge in [0.1, 0.15) is 0 Å². The van der Waals surface area contributed by atoms with E-state index in [0.717, 1.165) is 23.1 Å². The van der Waals surface area contributed by atoms with Crippen molar-refractivity contribution in [3.05, 3.63) is 22.4 Å². The number of thioether (sulfide) groups is 1. The molecule has 0 aliphatic carbocycles. The summed E-state index contributed by atoms with van der Waals surface area (Å²) in [7, 11) is 0. The second kappa shape index (κ2) is 5.94. The molecule has 9 heteroatoms.